The number of hydrogen-bond acceptors (Lipinski definition) is 3. The molecule has 1 aliphatic heterocycles. The average Bonchev–Trinajstić information content (AvgIpc) is 2.69. The highest BCUT2D eigenvalue weighted by Gasteiger charge is 2.37. The summed E-state index contributed by atoms with van der Waals surface area (Å²) in [6, 6.07) is 0. The van der Waals surface area contributed by atoms with Crippen molar-refractivity contribution in [1.82, 2.24) is 0 Å². The van der Waals surface area contributed by atoms with Gasteiger partial charge in [-0.3, -0.25) is 0 Å². The van der Waals surface area contributed by atoms with E-state index in [4.69, 9.17) is 0 Å². The third-order valence-electron chi connectivity index (χ3n) is 4.63. The highest BCUT2D eigenvalue weighted by molar-refractivity contribution is 7.91. The van der Waals surface area contributed by atoms with Gasteiger partial charge in [-0.05, 0) is 37.0 Å². The molecule has 17 heavy (non-hydrogen) atoms. The van der Waals surface area contributed by atoms with Crippen molar-refractivity contribution in [2.45, 2.75) is 51.6 Å². The van der Waals surface area contributed by atoms with E-state index in [-0.39, 0.29) is 23.5 Å². The average molecular weight is 260 g/mol. The Bertz CT molecular complexity index is 350. The van der Waals surface area contributed by atoms with Crippen LogP contribution in [0.1, 0.15) is 45.4 Å². The first-order valence-corrected chi connectivity index (χ1v) is 8.72. The lowest BCUT2D eigenvalue weighted by Crippen LogP contribution is -2.33. The summed E-state index contributed by atoms with van der Waals surface area (Å²) in [5.41, 5.74) is 0. The number of rotatable bonds is 3. The van der Waals surface area contributed by atoms with Crippen LogP contribution in [0.4, 0.5) is 0 Å². The maximum atomic E-state index is 11.4. The molecule has 4 heteroatoms. The molecular weight excluding hydrogens is 236 g/mol. The maximum absolute atomic E-state index is 11.4. The van der Waals surface area contributed by atoms with E-state index in [0.717, 1.165) is 18.8 Å². The van der Waals surface area contributed by atoms with Gasteiger partial charge in [0.25, 0.3) is 0 Å². The van der Waals surface area contributed by atoms with E-state index < -0.39 is 9.84 Å². The van der Waals surface area contributed by atoms with Crippen LogP contribution in [0.3, 0.4) is 0 Å². The largest absolute Gasteiger partial charge is 0.393 e. The van der Waals surface area contributed by atoms with E-state index in [1.54, 1.807) is 0 Å². The summed E-state index contributed by atoms with van der Waals surface area (Å²) in [7, 11) is -2.86. The van der Waals surface area contributed by atoms with Crippen molar-refractivity contribution in [3.05, 3.63) is 0 Å². The highest BCUT2D eigenvalue weighted by Crippen LogP contribution is 2.37. The van der Waals surface area contributed by atoms with Gasteiger partial charge in [0, 0.05) is 0 Å². The molecule has 100 valence electrons. The van der Waals surface area contributed by atoms with Crippen LogP contribution < -0.4 is 0 Å². The van der Waals surface area contributed by atoms with Gasteiger partial charge >= 0.3 is 0 Å². The van der Waals surface area contributed by atoms with Crippen LogP contribution in [0, 0.1) is 17.8 Å². The van der Waals surface area contributed by atoms with E-state index in [1.165, 1.54) is 19.3 Å². The van der Waals surface area contributed by atoms with Crippen molar-refractivity contribution in [3.63, 3.8) is 0 Å². The molecule has 0 radical (unpaired) electrons. The molecule has 1 aliphatic carbocycles. The molecule has 4 atom stereocenters. The minimum absolute atomic E-state index is 0.000561. The summed E-state index contributed by atoms with van der Waals surface area (Å²) in [5, 5.41) is 10.4. The van der Waals surface area contributed by atoms with Gasteiger partial charge in [-0.15, -0.1) is 0 Å². The van der Waals surface area contributed by atoms with Gasteiger partial charge in [-0.2, -0.15) is 0 Å². The summed E-state index contributed by atoms with van der Waals surface area (Å²) in [6.45, 7) is 2.21. The minimum Gasteiger partial charge on any atom is -0.393 e. The highest BCUT2D eigenvalue weighted by atomic mass is 32.2. The molecule has 2 aliphatic rings. The van der Waals surface area contributed by atoms with Crippen LogP contribution in [-0.2, 0) is 9.84 Å². The topological polar surface area (TPSA) is 54.4 Å². The van der Waals surface area contributed by atoms with Crippen molar-refractivity contribution in [1.29, 1.82) is 0 Å². The van der Waals surface area contributed by atoms with Crippen molar-refractivity contribution in [3.8, 4) is 0 Å². The Morgan fingerprint density at radius 2 is 2.00 bits per heavy atom. The molecule has 4 unspecified atom stereocenters. The number of hydrogen-bond donors (Lipinski definition) is 1. The van der Waals surface area contributed by atoms with Crippen molar-refractivity contribution in [2.24, 2.45) is 17.8 Å². The maximum Gasteiger partial charge on any atom is 0.150 e. The summed E-state index contributed by atoms with van der Waals surface area (Å²) < 4.78 is 22.9. The van der Waals surface area contributed by atoms with Gasteiger partial charge in [0.05, 0.1) is 17.6 Å². The van der Waals surface area contributed by atoms with E-state index in [9.17, 15) is 13.5 Å². The minimum atomic E-state index is -2.86. The molecule has 2 rings (SSSR count). The van der Waals surface area contributed by atoms with Crippen molar-refractivity contribution in [2.75, 3.05) is 11.5 Å². The van der Waals surface area contributed by atoms with Gasteiger partial charge in [0.2, 0.25) is 0 Å². The van der Waals surface area contributed by atoms with Crippen LogP contribution in [0.25, 0.3) is 0 Å². The smallest absolute Gasteiger partial charge is 0.150 e. The summed E-state index contributed by atoms with van der Waals surface area (Å²) in [4.78, 5) is 0. The molecule has 0 aromatic heterocycles. The Hall–Kier alpha value is -0.0900. The second kappa shape index (κ2) is 5.27. The third kappa shape index (κ3) is 3.22. The number of sulfone groups is 1. The van der Waals surface area contributed by atoms with Crippen LogP contribution in [0.2, 0.25) is 0 Å². The normalized spacial score (nSPS) is 39.1. The predicted molar refractivity (Wildman–Crippen MR) is 68.5 cm³/mol. The van der Waals surface area contributed by atoms with E-state index in [2.05, 4.69) is 6.92 Å². The SMILES string of the molecule is CCC1CCCC(C(O)C2CCS(=O)(=O)C2)C1. The Labute approximate surface area is 105 Å². The fourth-order valence-electron chi connectivity index (χ4n) is 3.49. The Morgan fingerprint density at radius 1 is 1.24 bits per heavy atom. The molecule has 1 N–H and O–H groups in total. The zero-order valence-corrected chi connectivity index (χ0v) is 11.5. The Morgan fingerprint density at radius 3 is 2.59 bits per heavy atom. The Balaban J connectivity index is 1.93. The van der Waals surface area contributed by atoms with Gasteiger partial charge in [-0.25, -0.2) is 8.42 Å². The molecule has 2 fully saturated rings. The molecule has 1 heterocycles. The molecule has 0 aromatic rings. The lowest BCUT2D eigenvalue weighted by atomic mass is 9.75. The molecule has 0 amide bonds. The van der Waals surface area contributed by atoms with Gasteiger partial charge in [0.1, 0.15) is 0 Å². The standard InChI is InChI=1S/C13H24O3S/c1-2-10-4-3-5-11(8-10)13(14)12-6-7-17(15,16)9-12/h10-14H,2-9H2,1H3. The monoisotopic (exact) mass is 260 g/mol. The first-order chi connectivity index (χ1) is 8.02. The van der Waals surface area contributed by atoms with Crippen LogP contribution in [0.15, 0.2) is 0 Å². The molecule has 3 nitrogen and oxygen atoms in total. The molecule has 1 saturated carbocycles. The van der Waals surface area contributed by atoms with Gasteiger partial charge in [0.15, 0.2) is 9.84 Å². The summed E-state index contributed by atoms with van der Waals surface area (Å²) in [6.07, 6.45) is 6.11. The fourth-order valence-corrected chi connectivity index (χ4v) is 5.34. The van der Waals surface area contributed by atoms with E-state index >= 15 is 0 Å². The van der Waals surface area contributed by atoms with Crippen LogP contribution in [0.5, 0.6) is 0 Å². The van der Waals surface area contributed by atoms with Crippen LogP contribution in [-0.4, -0.2) is 31.1 Å². The molecule has 0 spiro atoms. The second-order valence-corrected chi connectivity index (χ2v) is 8.08. The zero-order valence-electron chi connectivity index (χ0n) is 10.6. The number of aliphatic hydroxyl groups excluding tert-OH is 1. The lowest BCUT2D eigenvalue weighted by Gasteiger charge is -2.34. The van der Waals surface area contributed by atoms with Crippen molar-refractivity contribution < 1.29 is 13.5 Å². The van der Waals surface area contributed by atoms with Crippen LogP contribution >= 0.6 is 0 Å². The lowest BCUT2D eigenvalue weighted by molar-refractivity contribution is 0.0300. The van der Waals surface area contributed by atoms with Gasteiger partial charge in [-0.1, -0.05) is 26.2 Å². The van der Waals surface area contributed by atoms with Gasteiger partial charge < -0.3 is 5.11 Å². The number of aliphatic hydroxyl groups is 1. The quantitative estimate of drug-likeness (QED) is 0.844. The summed E-state index contributed by atoms with van der Waals surface area (Å²) in [5.74, 6) is 1.56. The first-order valence-electron chi connectivity index (χ1n) is 6.90. The summed E-state index contributed by atoms with van der Waals surface area (Å²) >= 11 is 0. The predicted octanol–water partition coefficient (Wildman–Crippen LogP) is 2.00. The van der Waals surface area contributed by atoms with E-state index in [0.29, 0.717) is 12.3 Å². The first kappa shape index (κ1) is 13.3. The fraction of sp³-hybridized carbons (Fsp3) is 1.00. The zero-order chi connectivity index (χ0) is 12.5. The van der Waals surface area contributed by atoms with Crippen molar-refractivity contribution >= 4 is 9.84 Å². The van der Waals surface area contributed by atoms with E-state index in [1.807, 2.05) is 0 Å². The molecule has 0 bridgehead atoms. The third-order valence-corrected chi connectivity index (χ3v) is 6.43. The Kier molecular flexibility index (Phi) is 4.14. The molecular formula is C13H24O3S. The molecule has 0 aromatic carbocycles. The molecule has 1 saturated heterocycles. The second-order valence-electron chi connectivity index (χ2n) is 5.85.